The molecule has 0 bridgehead atoms. The average molecular weight is 192 g/mol. The van der Waals surface area contributed by atoms with E-state index in [0.717, 1.165) is 12.8 Å². The maximum Gasteiger partial charge on any atom is 0.162 e. The molecule has 0 radical (unpaired) electrons. The molecule has 2 atom stereocenters. The van der Waals surface area contributed by atoms with Crippen LogP contribution in [0.5, 0.6) is 0 Å². The van der Waals surface area contributed by atoms with Crippen LogP contribution in [0.1, 0.15) is 52.1 Å². The predicted octanol–water partition coefficient (Wildman–Crippen LogP) is 3.84. The summed E-state index contributed by atoms with van der Waals surface area (Å²) in [5.41, 5.74) is 0.538. The molecule has 1 rings (SSSR count). The summed E-state index contributed by atoms with van der Waals surface area (Å²) in [6, 6.07) is 8.81. The van der Waals surface area contributed by atoms with E-state index in [1.54, 1.807) is 24.3 Å². The fraction of sp³-hybridized carbons (Fsp3) is 0.462. The molecular formula is C13H18O. The van der Waals surface area contributed by atoms with E-state index in [0.29, 0.717) is 12.0 Å². The second kappa shape index (κ2) is 6.36. The SMILES string of the molecule is [2H]C(CCCC)C([2H])C(=O)c1ccccc1. The van der Waals surface area contributed by atoms with Gasteiger partial charge in [0.1, 0.15) is 0 Å². The minimum atomic E-state index is -0.950. The van der Waals surface area contributed by atoms with Crippen molar-refractivity contribution in [3.05, 3.63) is 35.9 Å². The van der Waals surface area contributed by atoms with E-state index in [9.17, 15) is 4.79 Å². The van der Waals surface area contributed by atoms with Crippen molar-refractivity contribution in [2.75, 3.05) is 0 Å². The first kappa shape index (κ1) is 8.22. The van der Waals surface area contributed by atoms with Crippen molar-refractivity contribution in [3.63, 3.8) is 0 Å². The number of carbonyl (C=O) groups excluding carboxylic acids is 1. The first-order valence-electron chi connectivity index (χ1n) is 6.26. The Kier molecular flexibility index (Phi) is 3.73. The Hall–Kier alpha value is -1.11. The molecule has 1 aromatic carbocycles. The van der Waals surface area contributed by atoms with Crippen LogP contribution in [0.15, 0.2) is 30.3 Å². The molecule has 0 amide bonds. The molecule has 0 aliphatic heterocycles. The highest BCUT2D eigenvalue weighted by Gasteiger charge is 2.03. The van der Waals surface area contributed by atoms with Crippen molar-refractivity contribution in [2.45, 2.75) is 39.0 Å². The lowest BCUT2D eigenvalue weighted by molar-refractivity contribution is 0.0979. The van der Waals surface area contributed by atoms with Crippen LogP contribution >= 0.6 is 0 Å². The van der Waals surface area contributed by atoms with Crippen molar-refractivity contribution in [3.8, 4) is 0 Å². The number of ketones is 1. The van der Waals surface area contributed by atoms with E-state index >= 15 is 0 Å². The zero-order valence-corrected chi connectivity index (χ0v) is 8.57. The molecule has 0 spiro atoms. The van der Waals surface area contributed by atoms with Crippen LogP contribution in [0.2, 0.25) is 0 Å². The van der Waals surface area contributed by atoms with Gasteiger partial charge in [0.15, 0.2) is 5.78 Å². The quantitative estimate of drug-likeness (QED) is 0.626. The standard InChI is InChI=1S/C13H18O/c1-2-3-4-8-11-13(14)12-9-6-5-7-10-12/h5-7,9-10H,2-4,8,11H2,1H3/i8D,11D. The summed E-state index contributed by atoms with van der Waals surface area (Å²) in [5, 5.41) is 0. The van der Waals surface area contributed by atoms with Crippen LogP contribution in [0.25, 0.3) is 0 Å². The van der Waals surface area contributed by atoms with Gasteiger partial charge in [-0.25, -0.2) is 0 Å². The molecule has 0 aromatic heterocycles. The molecule has 2 unspecified atom stereocenters. The molecule has 1 heteroatoms. The third kappa shape index (κ3) is 3.73. The summed E-state index contributed by atoms with van der Waals surface area (Å²) >= 11 is 0. The largest absolute Gasteiger partial charge is 0.294 e. The fourth-order valence-corrected chi connectivity index (χ4v) is 1.21. The lowest BCUT2D eigenvalue weighted by Crippen LogP contribution is -1.97. The Morgan fingerprint density at radius 3 is 2.64 bits per heavy atom. The summed E-state index contributed by atoms with van der Waals surface area (Å²) in [6.07, 6.45) is 0.984. The maximum absolute atomic E-state index is 11.8. The number of hydrogen-bond acceptors (Lipinski definition) is 1. The molecule has 14 heavy (non-hydrogen) atoms. The smallest absolute Gasteiger partial charge is 0.162 e. The van der Waals surface area contributed by atoms with Crippen molar-refractivity contribution < 1.29 is 7.54 Å². The van der Waals surface area contributed by atoms with Crippen molar-refractivity contribution in [1.29, 1.82) is 0 Å². The number of rotatable bonds is 6. The molecule has 1 aromatic rings. The fourth-order valence-electron chi connectivity index (χ4n) is 1.21. The van der Waals surface area contributed by atoms with Gasteiger partial charge in [-0.15, -0.1) is 0 Å². The van der Waals surface area contributed by atoms with Gasteiger partial charge in [0.2, 0.25) is 0 Å². The number of hydrogen-bond donors (Lipinski definition) is 0. The first-order chi connectivity index (χ1) is 7.66. The van der Waals surface area contributed by atoms with Gasteiger partial charge in [0, 0.05) is 14.7 Å². The highest BCUT2D eigenvalue weighted by atomic mass is 16.1. The van der Waals surface area contributed by atoms with Gasteiger partial charge in [0.05, 0.1) is 0 Å². The average Bonchev–Trinajstić information content (AvgIpc) is 2.35. The lowest BCUT2D eigenvalue weighted by Gasteiger charge is -2.00. The van der Waals surface area contributed by atoms with Gasteiger partial charge >= 0.3 is 0 Å². The van der Waals surface area contributed by atoms with Crippen LogP contribution in [-0.2, 0) is 0 Å². The second-order valence-corrected chi connectivity index (χ2v) is 3.27. The topological polar surface area (TPSA) is 17.1 Å². The van der Waals surface area contributed by atoms with Crippen molar-refractivity contribution in [1.82, 2.24) is 0 Å². The third-order valence-corrected chi connectivity index (χ3v) is 2.05. The Morgan fingerprint density at radius 2 is 2.00 bits per heavy atom. The molecule has 0 saturated carbocycles. The number of carbonyl (C=O) groups is 1. The minimum absolute atomic E-state index is 0.239. The summed E-state index contributed by atoms with van der Waals surface area (Å²) in [4.78, 5) is 11.8. The summed E-state index contributed by atoms with van der Waals surface area (Å²) in [6.45, 7) is 2.05. The molecule has 0 saturated heterocycles. The van der Waals surface area contributed by atoms with Gasteiger partial charge in [-0.1, -0.05) is 56.5 Å². The van der Waals surface area contributed by atoms with Crippen LogP contribution in [-0.4, -0.2) is 5.78 Å². The number of benzene rings is 1. The van der Waals surface area contributed by atoms with Gasteiger partial charge < -0.3 is 0 Å². The zero-order chi connectivity index (χ0) is 12.0. The van der Waals surface area contributed by atoms with E-state index in [-0.39, 0.29) is 5.78 Å². The van der Waals surface area contributed by atoms with Crippen molar-refractivity contribution >= 4 is 5.78 Å². The highest BCUT2D eigenvalue weighted by Crippen LogP contribution is 2.08. The van der Waals surface area contributed by atoms with E-state index in [1.807, 2.05) is 13.0 Å². The maximum atomic E-state index is 11.8. The Labute approximate surface area is 89.0 Å². The Morgan fingerprint density at radius 1 is 1.29 bits per heavy atom. The zero-order valence-electron chi connectivity index (χ0n) is 10.6. The van der Waals surface area contributed by atoms with Crippen LogP contribution in [0.3, 0.4) is 0 Å². The summed E-state index contributed by atoms with van der Waals surface area (Å²) < 4.78 is 15.5. The Balaban J connectivity index is 2.60. The van der Waals surface area contributed by atoms with Crippen LogP contribution < -0.4 is 0 Å². The number of Topliss-reactive ketones (excluding diaryl/α,β-unsaturated/α-hetero) is 1. The Bertz CT molecular complexity index is 324. The first-order valence-corrected chi connectivity index (χ1v) is 5.10. The molecule has 76 valence electrons. The number of unbranched alkanes of at least 4 members (excludes halogenated alkanes) is 1. The molecule has 0 aliphatic rings. The predicted molar refractivity (Wildman–Crippen MR) is 59.5 cm³/mol. The third-order valence-electron chi connectivity index (χ3n) is 2.05. The van der Waals surface area contributed by atoms with Gasteiger partial charge in [-0.2, -0.15) is 0 Å². The monoisotopic (exact) mass is 192 g/mol. The molecule has 0 N–H and O–H groups in total. The molecule has 0 fully saturated rings. The minimum Gasteiger partial charge on any atom is -0.294 e. The molecule has 0 aliphatic carbocycles. The van der Waals surface area contributed by atoms with Gasteiger partial charge in [-0.05, 0) is 6.40 Å². The van der Waals surface area contributed by atoms with Crippen LogP contribution in [0, 0.1) is 0 Å². The highest BCUT2D eigenvalue weighted by molar-refractivity contribution is 5.95. The summed E-state index contributed by atoms with van der Waals surface area (Å²) in [5.74, 6) is -0.239. The second-order valence-electron chi connectivity index (χ2n) is 3.27. The van der Waals surface area contributed by atoms with E-state index in [1.165, 1.54) is 0 Å². The van der Waals surface area contributed by atoms with Gasteiger partial charge in [0.25, 0.3) is 0 Å². The molecule has 1 nitrogen and oxygen atoms in total. The van der Waals surface area contributed by atoms with Gasteiger partial charge in [-0.3, -0.25) is 4.79 Å². The molecular weight excluding hydrogens is 172 g/mol. The normalized spacial score (nSPS) is 16.6. The van der Waals surface area contributed by atoms with E-state index < -0.39 is 12.8 Å². The van der Waals surface area contributed by atoms with Crippen molar-refractivity contribution in [2.24, 2.45) is 0 Å². The summed E-state index contributed by atoms with van der Waals surface area (Å²) in [7, 11) is 0. The molecule has 0 heterocycles. The van der Waals surface area contributed by atoms with Crippen LogP contribution in [0.4, 0.5) is 0 Å². The van der Waals surface area contributed by atoms with E-state index in [2.05, 4.69) is 0 Å². The lowest BCUT2D eigenvalue weighted by atomic mass is 10.0. The van der Waals surface area contributed by atoms with E-state index in [4.69, 9.17) is 2.74 Å².